The van der Waals surface area contributed by atoms with Crippen LogP contribution in [0.3, 0.4) is 0 Å². The summed E-state index contributed by atoms with van der Waals surface area (Å²) in [6, 6.07) is 5.21. The quantitative estimate of drug-likeness (QED) is 0.614. The van der Waals surface area contributed by atoms with Crippen LogP contribution in [-0.2, 0) is 14.1 Å². The lowest BCUT2D eigenvalue weighted by Gasteiger charge is -2.06. The molecule has 23 heavy (non-hydrogen) atoms. The average Bonchev–Trinajstić information content (AvgIpc) is 3.05. The summed E-state index contributed by atoms with van der Waals surface area (Å²) in [5.74, 6) is 1.49. The molecule has 9 heteroatoms. The third kappa shape index (κ3) is 1.90. The second kappa shape index (κ2) is 4.63. The van der Waals surface area contributed by atoms with Crippen molar-refractivity contribution in [2.75, 3.05) is 6.79 Å². The van der Waals surface area contributed by atoms with Crippen molar-refractivity contribution in [2.24, 2.45) is 14.1 Å². The summed E-state index contributed by atoms with van der Waals surface area (Å²) in [5, 5.41) is 7.99. The van der Waals surface area contributed by atoms with Crippen LogP contribution in [-0.4, -0.2) is 31.1 Å². The number of hydrogen-bond acceptors (Lipinski definition) is 7. The normalized spacial score (nSPS) is 12.8. The molecule has 0 fully saturated rings. The maximum atomic E-state index is 12.2. The van der Waals surface area contributed by atoms with Crippen LogP contribution >= 0.6 is 0 Å². The van der Waals surface area contributed by atoms with Gasteiger partial charge in [0.2, 0.25) is 6.79 Å². The topological polar surface area (TPSA) is 101 Å². The van der Waals surface area contributed by atoms with Crippen LogP contribution in [0.2, 0.25) is 0 Å². The Morgan fingerprint density at radius 3 is 2.65 bits per heavy atom. The van der Waals surface area contributed by atoms with E-state index in [-0.39, 0.29) is 23.8 Å². The fourth-order valence-corrected chi connectivity index (χ4v) is 2.41. The number of aromatic nitrogens is 5. The molecule has 1 aliphatic heterocycles. The summed E-state index contributed by atoms with van der Waals surface area (Å²) in [5.41, 5.74) is -0.131. The lowest BCUT2D eigenvalue weighted by Crippen LogP contribution is -2.38. The molecule has 3 heterocycles. The molecule has 116 valence electrons. The number of nitrogens with zero attached hydrogens (tertiary/aromatic N) is 5. The van der Waals surface area contributed by atoms with Crippen molar-refractivity contribution in [1.82, 2.24) is 24.3 Å². The molecule has 1 aliphatic rings. The Kier molecular flexibility index (Phi) is 2.71. The van der Waals surface area contributed by atoms with E-state index in [0.717, 1.165) is 4.57 Å². The largest absolute Gasteiger partial charge is 0.454 e. The zero-order valence-corrected chi connectivity index (χ0v) is 12.3. The van der Waals surface area contributed by atoms with Gasteiger partial charge in [-0.3, -0.25) is 13.9 Å². The number of fused-ring (bicyclic) bond motifs is 2. The molecule has 0 amide bonds. The Morgan fingerprint density at radius 2 is 1.83 bits per heavy atom. The van der Waals surface area contributed by atoms with Gasteiger partial charge >= 0.3 is 5.69 Å². The molecular formula is C14H11N5O4. The molecule has 0 saturated carbocycles. The lowest BCUT2D eigenvalue weighted by atomic mass is 10.2. The molecular weight excluding hydrogens is 302 g/mol. The Balaban J connectivity index is 1.96. The minimum atomic E-state index is -0.514. The maximum Gasteiger partial charge on any atom is 0.332 e. The van der Waals surface area contributed by atoms with Crippen molar-refractivity contribution >= 4 is 11.2 Å². The molecule has 4 rings (SSSR count). The van der Waals surface area contributed by atoms with Crippen LogP contribution in [0.5, 0.6) is 11.5 Å². The zero-order valence-electron chi connectivity index (χ0n) is 12.3. The van der Waals surface area contributed by atoms with Gasteiger partial charge in [0.05, 0.1) is 0 Å². The highest BCUT2D eigenvalue weighted by molar-refractivity contribution is 5.71. The van der Waals surface area contributed by atoms with Crippen LogP contribution in [0, 0.1) is 0 Å². The smallest absolute Gasteiger partial charge is 0.332 e. The van der Waals surface area contributed by atoms with Gasteiger partial charge in [-0.1, -0.05) is 0 Å². The molecule has 0 unspecified atom stereocenters. The van der Waals surface area contributed by atoms with Crippen molar-refractivity contribution in [2.45, 2.75) is 0 Å². The first-order valence-electron chi connectivity index (χ1n) is 6.77. The van der Waals surface area contributed by atoms with Gasteiger partial charge in [0.1, 0.15) is 0 Å². The van der Waals surface area contributed by atoms with Gasteiger partial charge < -0.3 is 9.47 Å². The van der Waals surface area contributed by atoms with E-state index in [9.17, 15) is 9.59 Å². The molecule has 0 N–H and O–H groups in total. The Morgan fingerprint density at radius 1 is 1.04 bits per heavy atom. The average molecular weight is 313 g/mol. The van der Waals surface area contributed by atoms with Gasteiger partial charge in [-0.2, -0.15) is 0 Å². The molecule has 1 aromatic carbocycles. The minimum Gasteiger partial charge on any atom is -0.454 e. The SMILES string of the molecule is Cn1c(=O)c2nc(-c3ccc4c(c3)OCO4)nnc2n(C)c1=O. The first kappa shape index (κ1) is 13.4. The van der Waals surface area contributed by atoms with E-state index in [0.29, 0.717) is 17.1 Å². The van der Waals surface area contributed by atoms with Gasteiger partial charge in [-0.15, -0.1) is 10.2 Å². The standard InChI is InChI=1S/C14H11N5O4/c1-18-12-10(13(20)19(2)14(18)21)15-11(16-17-12)7-3-4-8-9(5-7)23-6-22-8/h3-5H,6H2,1-2H3. The maximum absolute atomic E-state index is 12.2. The highest BCUT2D eigenvalue weighted by Gasteiger charge is 2.17. The molecule has 0 aliphatic carbocycles. The summed E-state index contributed by atoms with van der Waals surface area (Å²) < 4.78 is 12.8. The highest BCUT2D eigenvalue weighted by atomic mass is 16.7. The van der Waals surface area contributed by atoms with E-state index in [1.165, 1.54) is 18.7 Å². The Labute approximate surface area is 128 Å². The second-order valence-electron chi connectivity index (χ2n) is 5.08. The minimum absolute atomic E-state index is 0.0808. The van der Waals surface area contributed by atoms with Gasteiger partial charge in [0.25, 0.3) is 5.56 Å². The van der Waals surface area contributed by atoms with E-state index in [1.54, 1.807) is 18.2 Å². The van der Waals surface area contributed by atoms with Gasteiger partial charge in [-0.25, -0.2) is 9.78 Å². The third-order valence-electron chi connectivity index (χ3n) is 3.70. The number of ether oxygens (including phenoxy) is 2. The van der Waals surface area contributed by atoms with Crippen molar-refractivity contribution < 1.29 is 9.47 Å². The summed E-state index contributed by atoms with van der Waals surface area (Å²) in [7, 11) is 2.91. The van der Waals surface area contributed by atoms with Crippen molar-refractivity contribution in [3.63, 3.8) is 0 Å². The number of hydrogen-bond donors (Lipinski definition) is 0. The van der Waals surface area contributed by atoms with Crippen LogP contribution < -0.4 is 20.7 Å². The molecule has 0 radical (unpaired) electrons. The summed E-state index contributed by atoms with van der Waals surface area (Å²) in [4.78, 5) is 28.4. The first-order valence-corrected chi connectivity index (χ1v) is 6.77. The molecule has 0 bridgehead atoms. The van der Waals surface area contributed by atoms with Gasteiger partial charge in [0.15, 0.2) is 28.5 Å². The van der Waals surface area contributed by atoms with E-state index in [2.05, 4.69) is 15.2 Å². The van der Waals surface area contributed by atoms with Crippen molar-refractivity contribution in [3.05, 3.63) is 39.0 Å². The molecule has 3 aromatic rings. The van der Waals surface area contributed by atoms with E-state index >= 15 is 0 Å². The fourth-order valence-electron chi connectivity index (χ4n) is 2.41. The first-order chi connectivity index (χ1) is 11.1. The van der Waals surface area contributed by atoms with E-state index in [4.69, 9.17) is 9.47 Å². The Bertz CT molecular complexity index is 1070. The lowest BCUT2D eigenvalue weighted by molar-refractivity contribution is 0.174. The van der Waals surface area contributed by atoms with Crippen molar-refractivity contribution in [1.29, 1.82) is 0 Å². The number of benzene rings is 1. The van der Waals surface area contributed by atoms with Crippen LogP contribution in [0.1, 0.15) is 0 Å². The number of rotatable bonds is 1. The summed E-state index contributed by atoms with van der Waals surface area (Å²) >= 11 is 0. The highest BCUT2D eigenvalue weighted by Crippen LogP contribution is 2.34. The zero-order chi connectivity index (χ0) is 16.1. The summed E-state index contributed by atoms with van der Waals surface area (Å²) in [6.45, 7) is 0.165. The molecule has 0 saturated heterocycles. The van der Waals surface area contributed by atoms with Crippen LogP contribution in [0.4, 0.5) is 0 Å². The van der Waals surface area contributed by atoms with E-state index < -0.39 is 11.2 Å². The molecule has 0 atom stereocenters. The van der Waals surface area contributed by atoms with Gasteiger partial charge in [-0.05, 0) is 18.2 Å². The summed E-state index contributed by atoms with van der Waals surface area (Å²) in [6.07, 6.45) is 0. The van der Waals surface area contributed by atoms with Crippen LogP contribution in [0.25, 0.3) is 22.6 Å². The van der Waals surface area contributed by atoms with Crippen molar-refractivity contribution in [3.8, 4) is 22.9 Å². The molecule has 0 spiro atoms. The molecule has 9 nitrogen and oxygen atoms in total. The predicted molar refractivity (Wildman–Crippen MR) is 79.4 cm³/mol. The Hall–Kier alpha value is -3.23. The second-order valence-corrected chi connectivity index (χ2v) is 5.08. The predicted octanol–water partition coefficient (Wildman–Crippen LogP) is -0.182. The fraction of sp³-hybridized carbons (Fsp3) is 0.214. The van der Waals surface area contributed by atoms with E-state index in [1.807, 2.05) is 0 Å². The third-order valence-corrected chi connectivity index (χ3v) is 3.70. The van der Waals surface area contributed by atoms with Crippen LogP contribution in [0.15, 0.2) is 27.8 Å². The van der Waals surface area contributed by atoms with Gasteiger partial charge in [0, 0.05) is 19.7 Å². The number of aryl methyl sites for hydroxylation is 1. The molecule has 2 aromatic heterocycles. The monoisotopic (exact) mass is 313 g/mol.